The monoisotopic (exact) mass is 276 g/mol. The van der Waals surface area contributed by atoms with Gasteiger partial charge in [-0.2, -0.15) is 0 Å². The van der Waals surface area contributed by atoms with E-state index in [1.54, 1.807) is 0 Å². The van der Waals surface area contributed by atoms with E-state index in [2.05, 4.69) is 32.1 Å². The Morgan fingerprint density at radius 1 is 1.45 bits per heavy atom. The van der Waals surface area contributed by atoms with Gasteiger partial charge in [-0.15, -0.1) is 0 Å². The first kappa shape index (κ1) is 15.0. The fourth-order valence-corrected chi connectivity index (χ4v) is 4.01. The first-order valence-electron chi connectivity index (χ1n) is 7.38. The van der Waals surface area contributed by atoms with Crippen LogP contribution in [0.25, 0.3) is 0 Å². The highest BCUT2D eigenvalue weighted by Crippen LogP contribution is 2.47. The standard InChI is InChI=1S/C17H24O3/c1-10-7-11(2)15-13(8-10)5-6-14(12(3)9-18)16(15)17(19)20-4/h5-7,9,11-16H,8H2,1-4H3/t11-,12-,13-,14+,15-,16-/m1/s1. The van der Waals surface area contributed by atoms with Gasteiger partial charge in [0.1, 0.15) is 6.29 Å². The predicted molar refractivity (Wildman–Crippen MR) is 77.9 cm³/mol. The Morgan fingerprint density at radius 2 is 2.15 bits per heavy atom. The fourth-order valence-electron chi connectivity index (χ4n) is 4.01. The fraction of sp³-hybridized carbons (Fsp3) is 0.647. The molecule has 3 heteroatoms. The van der Waals surface area contributed by atoms with Crippen molar-refractivity contribution in [1.29, 1.82) is 0 Å². The molecule has 110 valence electrons. The van der Waals surface area contributed by atoms with Crippen molar-refractivity contribution in [3.63, 3.8) is 0 Å². The van der Waals surface area contributed by atoms with Crippen LogP contribution in [0.2, 0.25) is 0 Å². The number of hydrogen-bond donors (Lipinski definition) is 0. The Kier molecular flexibility index (Phi) is 4.46. The largest absolute Gasteiger partial charge is 0.469 e. The molecular weight excluding hydrogens is 252 g/mol. The molecular formula is C17H24O3. The number of ether oxygens (including phenoxy) is 1. The van der Waals surface area contributed by atoms with Crippen LogP contribution in [-0.4, -0.2) is 19.4 Å². The zero-order chi connectivity index (χ0) is 14.9. The summed E-state index contributed by atoms with van der Waals surface area (Å²) in [5, 5.41) is 0. The van der Waals surface area contributed by atoms with E-state index in [0.29, 0.717) is 11.8 Å². The lowest BCUT2D eigenvalue weighted by atomic mass is 9.60. The van der Waals surface area contributed by atoms with Gasteiger partial charge in [-0.3, -0.25) is 4.79 Å². The van der Waals surface area contributed by atoms with Crippen molar-refractivity contribution in [2.24, 2.45) is 35.5 Å². The van der Waals surface area contributed by atoms with Crippen LogP contribution in [0.3, 0.4) is 0 Å². The molecule has 0 fully saturated rings. The molecule has 0 amide bonds. The van der Waals surface area contributed by atoms with E-state index in [0.717, 1.165) is 12.7 Å². The second-order valence-electron chi connectivity index (χ2n) is 6.32. The van der Waals surface area contributed by atoms with Crippen molar-refractivity contribution in [3.05, 3.63) is 23.8 Å². The summed E-state index contributed by atoms with van der Waals surface area (Å²) in [5.41, 5.74) is 1.38. The van der Waals surface area contributed by atoms with Crippen molar-refractivity contribution in [2.45, 2.75) is 27.2 Å². The number of esters is 1. The lowest BCUT2D eigenvalue weighted by molar-refractivity contribution is -0.152. The zero-order valence-corrected chi connectivity index (χ0v) is 12.7. The van der Waals surface area contributed by atoms with Crippen molar-refractivity contribution >= 4 is 12.3 Å². The summed E-state index contributed by atoms with van der Waals surface area (Å²) in [4.78, 5) is 23.4. The van der Waals surface area contributed by atoms with Crippen molar-refractivity contribution in [3.8, 4) is 0 Å². The van der Waals surface area contributed by atoms with Crippen molar-refractivity contribution < 1.29 is 14.3 Å². The lowest BCUT2D eigenvalue weighted by Crippen LogP contribution is -2.44. The SMILES string of the molecule is COC(=O)[C@@H]1[C@H]([C@H](C)C=O)C=C[C@@H]2CC(C)=C[C@@H](C)[C@@H]12. The highest BCUT2D eigenvalue weighted by atomic mass is 16.5. The number of carbonyl (C=O) groups is 2. The molecule has 2 rings (SSSR count). The minimum Gasteiger partial charge on any atom is -0.469 e. The summed E-state index contributed by atoms with van der Waals surface area (Å²) in [6.07, 6.45) is 8.48. The van der Waals surface area contributed by atoms with Gasteiger partial charge in [-0.1, -0.05) is 37.6 Å². The average molecular weight is 276 g/mol. The summed E-state index contributed by atoms with van der Waals surface area (Å²) < 4.78 is 5.03. The summed E-state index contributed by atoms with van der Waals surface area (Å²) in [7, 11) is 1.44. The molecule has 0 bridgehead atoms. The maximum Gasteiger partial charge on any atom is 0.309 e. The molecule has 0 saturated heterocycles. The van der Waals surface area contributed by atoms with E-state index < -0.39 is 0 Å². The number of aldehydes is 1. The molecule has 0 saturated carbocycles. The molecule has 0 N–H and O–H groups in total. The second-order valence-corrected chi connectivity index (χ2v) is 6.32. The van der Waals surface area contributed by atoms with E-state index >= 15 is 0 Å². The Bertz CT molecular complexity index is 449. The van der Waals surface area contributed by atoms with Crippen LogP contribution in [0.4, 0.5) is 0 Å². The van der Waals surface area contributed by atoms with Crippen LogP contribution in [-0.2, 0) is 14.3 Å². The minimum absolute atomic E-state index is 0.0459. The molecule has 6 atom stereocenters. The average Bonchev–Trinajstić information content (AvgIpc) is 2.44. The maximum atomic E-state index is 12.3. The van der Waals surface area contributed by atoms with Crippen LogP contribution < -0.4 is 0 Å². The molecule has 3 nitrogen and oxygen atoms in total. The number of rotatable bonds is 3. The molecule has 0 radical (unpaired) electrons. The molecule has 0 unspecified atom stereocenters. The van der Waals surface area contributed by atoms with Gasteiger partial charge < -0.3 is 9.53 Å². The van der Waals surface area contributed by atoms with Crippen LogP contribution in [0, 0.1) is 35.5 Å². The van der Waals surface area contributed by atoms with Crippen LogP contribution >= 0.6 is 0 Å². The summed E-state index contributed by atoms with van der Waals surface area (Å²) in [6, 6.07) is 0. The van der Waals surface area contributed by atoms with E-state index in [1.165, 1.54) is 12.7 Å². The third-order valence-electron chi connectivity index (χ3n) is 4.91. The zero-order valence-electron chi connectivity index (χ0n) is 12.7. The minimum atomic E-state index is -0.213. The Labute approximate surface area is 121 Å². The molecule has 0 aromatic carbocycles. The van der Waals surface area contributed by atoms with Crippen LogP contribution in [0.15, 0.2) is 23.8 Å². The Balaban J connectivity index is 2.39. The molecule has 0 aromatic rings. The molecule has 2 aliphatic rings. The molecule has 20 heavy (non-hydrogen) atoms. The molecule has 0 aliphatic heterocycles. The van der Waals surface area contributed by atoms with Gasteiger partial charge in [0, 0.05) is 5.92 Å². The van der Waals surface area contributed by atoms with Crippen LogP contribution in [0.1, 0.15) is 27.2 Å². The molecule has 0 spiro atoms. The summed E-state index contributed by atoms with van der Waals surface area (Å²) in [6.45, 7) is 6.19. The second kappa shape index (κ2) is 5.94. The first-order chi connectivity index (χ1) is 9.49. The molecule has 0 aromatic heterocycles. The highest BCUT2D eigenvalue weighted by molar-refractivity contribution is 5.75. The number of fused-ring (bicyclic) bond motifs is 1. The number of methoxy groups -OCH3 is 1. The predicted octanol–water partition coefficient (Wildman–Crippen LogP) is 3.02. The third-order valence-corrected chi connectivity index (χ3v) is 4.91. The van der Waals surface area contributed by atoms with Gasteiger partial charge in [0.25, 0.3) is 0 Å². The highest BCUT2D eigenvalue weighted by Gasteiger charge is 2.46. The van der Waals surface area contributed by atoms with Gasteiger partial charge >= 0.3 is 5.97 Å². The van der Waals surface area contributed by atoms with Crippen molar-refractivity contribution in [1.82, 2.24) is 0 Å². The van der Waals surface area contributed by atoms with E-state index in [-0.39, 0.29) is 29.6 Å². The van der Waals surface area contributed by atoms with Crippen molar-refractivity contribution in [2.75, 3.05) is 7.11 Å². The van der Waals surface area contributed by atoms with E-state index in [1.807, 2.05) is 6.92 Å². The first-order valence-corrected chi connectivity index (χ1v) is 7.38. The van der Waals surface area contributed by atoms with E-state index in [9.17, 15) is 9.59 Å². The summed E-state index contributed by atoms with van der Waals surface area (Å²) >= 11 is 0. The smallest absolute Gasteiger partial charge is 0.309 e. The topological polar surface area (TPSA) is 43.4 Å². The van der Waals surface area contributed by atoms with Gasteiger partial charge in [-0.05, 0) is 37.0 Å². The number of carbonyl (C=O) groups excluding carboxylic acids is 2. The maximum absolute atomic E-state index is 12.3. The third kappa shape index (κ3) is 2.58. The summed E-state index contributed by atoms with van der Waals surface area (Å²) in [5.74, 6) is 0.366. The normalized spacial score (nSPS) is 37.6. The Hall–Kier alpha value is -1.38. The Morgan fingerprint density at radius 3 is 2.75 bits per heavy atom. The van der Waals surface area contributed by atoms with Gasteiger partial charge in [0.05, 0.1) is 13.0 Å². The molecule has 2 aliphatic carbocycles. The van der Waals surface area contributed by atoms with Gasteiger partial charge in [0.15, 0.2) is 0 Å². The van der Waals surface area contributed by atoms with Gasteiger partial charge in [-0.25, -0.2) is 0 Å². The lowest BCUT2D eigenvalue weighted by Gasteiger charge is -2.44. The quantitative estimate of drug-likeness (QED) is 0.452. The molecule has 0 heterocycles. The van der Waals surface area contributed by atoms with E-state index in [4.69, 9.17) is 4.74 Å². The number of hydrogen-bond acceptors (Lipinski definition) is 3. The van der Waals surface area contributed by atoms with Gasteiger partial charge in [0.2, 0.25) is 0 Å². The van der Waals surface area contributed by atoms with Crippen LogP contribution in [0.5, 0.6) is 0 Å². The number of allylic oxidation sites excluding steroid dienone is 4.